The fraction of sp³-hybridized carbons (Fsp3) is 0.286. The van der Waals surface area contributed by atoms with E-state index in [2.05, 4.69) is 10.5 Å². The van der Waals surface area contributed by atoms with Gasteiger partial charge in [-0.15, -0.1) is 0 Å². The summed E-state index contributed by atoms with van der Waals surface area (Å²) in [5.41, 5.74) is 2.29. The molecule has 1 amide bonds. The highest BCUT2D eigenvalue weighted by atomic mass is 35.5. The summed E-state index contributed by atoms with van der Waals surface area (Å²) in [5.74, 6) is 0.104. The summed E-state index contributed by atoms with van der Waals surface area (Å²) < 4.78 is 5.22. The van der Waals surface area contributed by atoms with Crippen LogP contribution in [0.2, 0.25) is 10.0 Å². The number of amides is 1. The molecule has 0 atom stereocenters. The van der Waals surface area contributed by atoms with E-state index in [1.807, 2.05) is 0 Å². The first-order valence-corrected chi connectivity index (χ1v) is 7.14. The minimum absolute atomic E-state index is 0.309. The number of nitrogens with zero attached hydrogens (tertiary/aromatic N) is 1. The number of anilines is 1. The Morgan fingerprint density at radius 2 is 2.05 bits per heavy atom. The maximum Gasteiger partial charge on any atom is 0.259 e. The van der Waals surface area contributed by atoms with Crippen molar-refractivity contribution in [3.05, 3.63) is 45.1 Å². The van der Waals surface area contributed by atoms with Crippen LogP contribution in [0.1, 0.15) is 34.5 Å². The fourth-order valence-electron chi connectivity index (χ4n) is 2.33. The first-order chi connectivity index (χ1) is 9.65. The molecule has 20 heavy (non-hydrogen) atoms. The van der Waals surface area contributed by atoms with Crippen LogP contribution in [0.15, 0.2) is 22.7 Å². The number of benzene rings is 1. The normalized spacial score (nSPS) is 13.9. The molecule has 1 heterocycles. The molecule has 2 aromatic rings. The third kappa shape index (κ3) is 2.53. The van der Waals surface area contributed by atoms with Crippen LogP contribution in [0.5, 0.6) is 0 Å². The molecular weight excluding hydrogens is 299 g/mol. The van der Waals surface area contributed by atoms with E-state index in [1.165, 1.54) is 6.07 Å². The molecule has 6 heteroatoms. The van der Waals surface area contributed by atoms with E-state index in [0.717, 1.165) is 36.9 Å². The van der Waals surface area contributed by atoms with E-state index in [4.69, 9.17) is 27.7 Å². The standard InChI is InChI=1S/C14H12Cl2N2O2/c15-8-5-6-9(11(16)7-8)13(19)17-14-10-3-1-2-4-12(10)18-20-14/h5-7H,1-4H2,(H,17,19). The van der Waals surface area contributed by atoms with Crippen molar-refractivity contribution in [2.75, 3.05) is 5.32 Å². The average Bonchev–Trinajstić information content (AvgIpc) is 2.82. The number of aromatic nitrogens is 1. The van der Waals surface area contributed by atoms with Crippen LogP contribution in [0, 0.1) is 0 Å². The molecule has 0 unspecified atom stereocenters. The van der Waals surface area contributed by atoms with E-state index in [1.54, 1.807) is 12.1 Å². The van der Waals surface area contributed by atoms with Crippen LogP contribution >= 0.6 is 23.2 Å². The molecule has 104 valence electrons. The number of aryl methyl sites for hydroxylation is 1. The maximum atomic E-state index is 12.2. The van der Waals surface area contributed by atoms with Crippen LogP contribution < -0.4 is 5.32 Å². The number of fused-ring (bicyclic) bond motifs is 1. The van der Waals surface area contributed by atoms with E-state index < -0.39 is 0 Å². The van der Waals surface area contributed by atoms with Crippen LogP contribution in [-0.4, -0.2) is 11.1 Å². The number of nitrogens with one attached hydrogen (secondary N) is 1. The van der Waals surface area contributed by atoms with Crippen molar-refractivity contribution in [3.8, 4) is 0 Å². The summed E-state index contributed by atoms with van der Waals surface area (Å²) in [7, 11) is 0. The molecule has 0 spiro atoms. The van der Waals surface area contributed by atoms with Gasteiger partial charge in [0.15, 0.2) is 0 Å². The first kappa shape index (κ1) is 13.5. The van der Waals surface area contributed by atoms with Crippen molar-refractivity contribution in [3.63, 3.8) is 0 Å². The molecule has 0 radical (unpaired) electrons. The minimum atomic E-state index is -0.323. The summed E-state index contributed by atoms with van der Waals surface area (Å²) in [6.45, 7) is 0. The van der Waals surface area contributed by atoms with Gasteiger partial charge in [0.05, 0.1) is 16.3 Å². The molecule has 0 fully saturated rings. The van der Waals surface area contributed by atoms with Gasteiger partial charge in [0.2, 0.25) is 5.88 Å². The largest absolute Gasteiger partial charge is 0.338 e. The van der Waals surface area contributed by atoms with Gasteiger partial charge >= 0.3 is 0 Å². The summed E-state index contributed by atoms with van der Waals surface area (Å²) in [6, 6.07) is 4.74. The number of hydrogen-bond donors (Lipinski definition) is 1. The number of hydrogen-bond acceptors (Lipinski definition) is 3. The molecule has 0 aliphatic heterocycles. The SMILES string of the molecule is O=C(Nc1onc2c1CCCC2)c1ccc(Cl)cc1Cl. The molecule has 1 aliphatic carbocycles. The van der Waals surface area contributed by atoms with Crippen LogP contribution in [0.25, 0.3) is 0 Å². The number of carbonyl (C=O) groups excluding carboxylic acids is 1. The molecule has 4 nitrogen and oxygen atoms in total. The smallest absolute Gasteiger partial charge is 0.259 e. The molecule has 3 rings (SSSR count). The summed E-state index contributed by atoms with van der Waals surface area (Å²) in [4.78, 5) is 12.2. The van der Waals surface area contributed by atoms with Gasteiger partial charge in [0.1, 0.15) is 0 Å². The second kappa shape index (κ2) is 5.46. The fourth-order valence-corrected chi connectivity index (χ4v) is 2.83. The molecule has 1 aromatic heterocycles. The quantitative estimate of drug-likeness (QED) is 0.908. The third-order valence-corrected chi connectivity index (χ3v) is 3.91. The van der Waals surface area contributed by atoms with Gasteiger partial charge in [-0.05, 0) is 43.9 Å². The molecule has 0 saturated carbocycles. The van der Waals surface area contributed by atoms with Crippen LogP contribution in [-0.2, 0) is 12.8 Å². The number of rotatable bonds is 2. The van der Waals surface area contributed by atoms with Crippen molar-refractivity contribution < 1.29 is 9.32 Å². The summed E-state index contributed by atoms with van der Waals surface area (Å²) in [6.07, 6.45) is 3.97. The van der Waals surface area contributed by atoms with E-state index in [0.29, 0.717) is 21.5 Å². The Balaban J connectivity index is 1.84. The topological polar surface area (TPSA) is 55.1 Å². The lowest BCUT2D eigenvalue weighted by atomic mass is 9.97. The van der Waals surface area contributed by atoms with Crippen molar-refractivity contribution in [1.82, 2.24) is 5.16 Å². The molecule has 1 aliphatic rings. The third-order valence-electron chi connectivity index (χ3n) is 3.36. The van der Waals surface area contributed by atoms with Crippen LogP contribution in [0.3, 0.4) is 0 Å². The second-order valence-corrected chi connectivity index (χ2v) is 5.57. The predicted octanol–water partition coefficient (Wildman–Crippen LogP) is 4.11. The Morgan fingerprint density at radius 1 is 1.25 bits per heavy atom. The number of halogens is 2. The Labute approximate surface area is 126 Å². The van der Waals surface area contributed by atoms with E-state index >= 15 is 0 Å². The van der Waals surface area contributed by atoms with Gasteiger partial charge in [-0.3, -0.25) is 10.1 Å². The Bertz CT molecular complexity index is 667. The zero-order valence-electron chi connectivity index (χ0n) is 10.6. The highest BCUT2D eigenvalue weighted by Crippen LogP contribution is 2.28. The average molecular weight is 311 g/mol. The molecule has 1 N–H and O–H groups in total. The minimum Gasteiger partial charge on any atom is -0.338 e. The Hall–Kier alpha value is -1.52. The lowest BCUT2D eigenvalue weighted by molar-refractivity contribution is 0.102. The van der Waals surface area contributed by atoms with Gasteiger partial charge in [-0.2, -0.15) is 0 Å². The zero-order chi connectivity index (χ0) is 14.1. The van der Waals surface area contributed by atoms with Gasteiger partial charge in [-0.1, -0.05) is 28.4 Å². The summed E-state index contributed by atoms with van der Waals surface area (Å²) in [5, 5.41) is 7.53. The van der Waals surface area contributed by atoms with Crippen molar-refractivity contribution in [1.29, 1.82) is 0 Å². The molecular formula is C14H12Cl2N2O2. The Morgan fingerprint density at radius 3 is 2.85 bits per heavy atom. The first-order valence-electron chi connectivity index (χ1n) is 6.39. The molecule has 1 aromatic carbocycles. The van der Waals surface area contributed by atoms with Gasteiger partial charge < -0.3 is 4.52 Å². The molecule has 0 bridgehead atoms. The summed E-state index contributed by atoms with van der Waals surface area (Å²) >= 11 is 11.8. The van der Waals surface area contributed by atoms with Gasteiger partial charge in [0, 0.05) is 10.6 Å². The predicted molar refractivity (Wildman–Crippen MR) is 77.6 cm³/mol. The Kier molecular flexibility index (Phi) is 3.68. The zero-order valence-corrected chi connectivity index (χ0v) is 12.1. The van der Waals surface area contributed by atoms with Crippen molar-refractivity contribution in [2.45, 2.75) is 25.7 Å². The molecule has 0 saturated heterocycles. The number of carbonyl (C=O) groups is 1. The second-order valence-electron chi connectivity index (χ2n) is 4.72. The highest BCUT2D eigenvalue weighted by molar-refractivity contribution is 6.37. The monoisotopic (exact) mass is 310 g/mol. The van der Waals surface area contributed by atoms with Crippen molar-refractivity contribution >= 4 is 35.0 Å². The lowest BCUT2D eigenvalue weighted by Crippen LogP contribution is -2.14. The van der Waals surface area contributed by atoms with Gasteiger partial charge in [-0.25, -0.2) is 0 Å². The van der Waals surface area contributed by atoms with Crippen molar-refractivity contribution in [2.24, 2.45) is 0 Å². The van der Waals surface area contributed by atoms with Crippen LogP contribution in [0.4, 0.5) is 5.88 Å². The van der Waals surface area contributed by atoms with E-state index in [9.17, 15) is 4.79 Å². The van der Waals surface area contributed by atoms with Gasteiger partial charge in [0.25, 0.3) is 5.91 Å². The maximum absolute atomic E-state index is 12.2. The highest BCUT2D eigenvalue weighted by Gasteiger charge is 2.21. The van der Waals surface area contributed by atoms with E-state index in [-0.39, 0.29) is 5.91 Å². The lowest BCUT2D eigenvalue weighted by Gasteiger charge is -2.10.